The van der Waals surface area contributed by atoms with E-state index in [1.165, 1.54) is 16.2 Å². The molecule has 4 rings (SSSR count). The number of anilines is 1. The van der Waals surface area contributed by atoms with Gasteiger partial charge in [0.2, 0.25) is 5.91 Å². The molecule has 2 aliphatic rings. The van der Waals surface area contributed by atoms with Crippen LogP contribution >= 0.6 is 34.3 Å². The van der Waals surface area contributed by atoms with E-state index in [0.29, 0.717) is 18.4 Å². The lowest BCUT2D eigenvalue weighted by Crippen LogP contribution is -2.63. The van der Waals surface area contributed by atoms with Gasteiger partial charge in [-0.05, 0) is 31.4 Å². The normalized spacial score (nSPS) is 20.8. The van der Waals surface area contributed by atoms with Gasteiger partial charge in [0.25, 0.3) is 0 Å². The molecule has 2 aliphatic heterocycles. The number of amides is 1. The van der Waals surface area contributed by atoms with Crippen molar-refractivity contribution in [3.8, 4) is 0 Å². The molecular formula is C20H18ClN5O5S2. The molecule has 4 N–H and O–H groups in total. The largest absolute Gasteiger partial charge is 0.477 e. The first kappa shape index (κ1) is 23.1. The number of fused-ring (bicyclic) bond motifs is 1. The van der Waals surface area contributed by atoms with E-state index in [2.05, 4.69) is 15.1 Å². The molecule has 0 saturated carbocycles. The van der Waals surface area contributed by atoms with Crippen molar-refractivity contribution in [2.75, 3.05) is 5.73 Å². The number of carbonyl (C=O) groups excluding carboxylic acids is 2. The van der Waals surface area contributed by atoms with Crippen molar-refractivity contribution in [3.63, 3.8) is 0 Å². The molecule has 4 heterocycles. The Labute approximate surface area is 200 Å². The number of halogens is 1. The second kappa shape index (κ2) is 9.04. The number of nitrogen functional groups attached to an aromatic ring is 1. The number of hydrogen-bond acceptors (Lipinski definition) is 10. The van der Waals surface area contributed by atoms with Crippen molar-refractivity contribution in [3.05, 3.63) is 43.5 Å². The average molecular weight is 508 g/mol. The number of aliphatic carboxylic acids is 1. The number of aromatic nitrogens is 2. The number of nitrogens with zero attached hydrogens (tertiary/aromatic N) is 4. The summed E-state index contributed by atoms with van der Waals surface area (Å²) in [5.74, 6) is -3.03. The Balaban J connectivity index is 1.54. The number of carboxylic acids is 1. The summed E-state index contributed by atoms with van der Waals surface area (Å²) < 4.78 is 0.0941. The molecule has 2 aromatic rings. The lowest BCUT2D eigenvalue weighted by Gasteiger charge is -2.50. The number of oxime groups is 1. The van der Waals surface area contributed by atoms with Crippen molar-refractivity contribution in [2.45, 2.75) is 32.2 Å². The number of aryl methyl sites for hydroxylation is 1. The van der Waals surface area contributed by atoms with E-state index in [9.17, 15) is 24.7 Å². The number of hydrogen-bond donors (Lipinski definition) is 3. The maximum absolute atomic E-state index is 12.9. The van der Waals surface area contributed by atoms with E-state index in [4.69, 9.17) is 17.3 Å². The third kappa shape index (κ3) is 4.16. The Morgan fingerprint density at radius 1 is 1.42 bits per heavy atom. The van der Waals surface area contributed by atoms with Crippen molar-refractivity contribution in [2.24, 2.45) is 11.1 Å². The number of carboxylic acid groups (broad SMARTS) is 1. The molecule has 0 aliphatic carbocycles. The Hall–Kier alpha value is -3.09. The number of nitrogens with two attached hydrogens (primary N) is 1. The molecule has 0 radical (unpaired) electrons. The summed E-state index contributed by atoms with van der Waals surface area (Å²) in [6, 6.07) is -0.439. The van der Waals surface area contributed by atoms with Gasteiger partial charge in [-0.15, -0.1) is 11.3 Å². The fourth-order valence-electron chi connectivity index (χ4n) is 4.06. The van der Waals surface area contributed by atoms with Gasteiger partial charge in [-0.1, -0.05) is 34.2 Å². The minimum atomic E-state index is -1.21. The lowest BCUT2D eigenvalue weighted by molar-refractivity contribution is -0.159. The average Bonchev–Trinajstić information content (AvgIpc) is 3.33. The van der Waals surface area contributed by atoms with Crippen LogP contribution in [0.5, 0.6) is 0 Å². The molecule has 172 valence electrons. The van der Waals surface area contributed by atoms with Crippen LogP contribution in [0.4, 0.5) is 5.13 Å². The Morgan fingerprint density at radius 3 is 2.76 bits per heavy atom. The van der Waals surface area contributed by atoms with Gasteiger partial charge in [-0.3, -0.25) is 9.59 Å². The predicted molar refractivity (Wildman–Crippen MR) is 123 cm³/mol. The summed E-state index contributed by atoms with van der Waals surface area (Å²) in [5, 5.41) is 22.2. The number of Topliss-reactive ketones (excluding diaryl/α,β-unsaturated/α-hetero) is 1. The van der Waals surface area contributed by atoms with Crippen LogP contribution in [0.2, 0.25) is 4.34 Å². The van der Waals surface area contributed by atoms with Gasteiger partial charge in [0.1, 0.15) is 15.7 Å². The molecule has 0 spiro atoms. The molecule has 2 aromatic heterocycles. The first-order valence-corrected chi connectivity index (χ1v) is 11.9. The summed E-state index contributed by atoms with van der Waals surface area (Å²) in [6.07, 6.45) is 4.18. The fraction of sp³-hybridized carbons (Fsp3) is 0.300. The molecule has 1 fully saturated rings. The van der Waals surface area contributed by atoms with Crippen LogP contribution in [-0.4, -0.2) is 54.6 Å². The summed E-state index contributed by atoms with van der Waals surface area (Å²) >= 11 is 8.37. The van der Waals surface area contributed by atoms with Gasteiger partial charge in [0.15, 0.2) is 16.6 Å². The van der Waals surface area contributed by atoms with Gasteiger partial charge in [-0.2, -0.15) is 0 Å². The summed E-state index contributed by atoms with van der Waals surface area (Å²) in [6.45, 7) is 1.86. The van der Waals surface area contributed by atoms with E-state index >= 15 is 0 Å². The van der Waals surface area contributed by atoms with Gasteiger partial charge >= 0.3 is 5.97 Å². The maximum Gasteiger partial charge on any atom is 0.352 e. The predicted octanol–water partition coefficient (Wildman–Crippen LogP) is 2.95. The molecule has 0 aromatic carbocycles. The number of thiazole rings is 2. The zero-order chi connectivity index (χ0) is 23.9. The highest BCUT2D eigenvalue weighted by atomic mass is 35.5. The quantitative estimate of drug-likeness (QED) is 0.223. The van der Waals surface area contributed by atoms with E-state index in [1.54, 1.807) is 17.7 Å². The highest BCUT2D eigenvalue weighted by Crippen LogP contribution is 2.42. The highest BCUT2D eigenvalue weighted by molar-refractivity contribution is 7.19. The standard InChI is InChI=1S/C20H18ClN5O5S2/c1-8-13(32-7-23-8)5-3-9-2-4-11-10(18(28)26(11)16(9)19(29)30)6-12(27)14(25-31)15-17(21)33-20(22)24-15/h3,5,7,10-11,31H,2,4,6H2,1H3,(H2,22,24)(H,29,30)/b5-3-,25-14+. The molecule has 10 nitrogen and oxygen atoms in total. The first-order chi connectivity index (χ1) is 15.7. The molecule has 1 amide bonds. The van der Waals surface area contributed by atoms with Crippen LogP contribution in [0.1, 0.15) is 35.5 Å². The molecule has 33 heavy (non-hydrogen) atoms. The second-order valence-corrected chi connectivity index (χ2v) is 10.0. The fourth-order valence-corrected chi connectivity index (χ4v) is 5.68. The summed E-state index contributed by atoms with van der Waals surface area (Å²) in [4.78, 5) is 47.9. The molecular weight excluding hydrogens is 490 g/mol. The van der Waals surface area contributed by atoms with Crippen LogP contribution in [0.15, 0.2) is 28.0 Å². The van der Waals surface area contributed by atoms with Gasteiger partial charge in [0, 0.05) is 17.3 Å². The van der Waals surface area contributed by atoms with E-state index < -0.39 is 29.6 Å². The number of ketones is 1. The number of β-lactam (4-membered cyclic amide) rings is 1. The topological polar surface area (TPSA) is 159 Å². The molecule has 2 atom stereocenters. The van der Waals surface area contributed by atoms with Crippen LogP contribution in [0.3, 0.4) is 0 Å². The molecule has 2 unspecified atom stereocenters. The zero-order valence-corrected chi connectivity index (χ0v) is 19.6. The summed E-state index contributed by atoms with van der Waals surface area (Å²) in [7, 11) is 0. The zero-order valence-electron chi connectivity index (χ0n) is 17.2. The monoisotopic (exact) mass is 507 g/mol. The summed E-state index contributed by atoms with van der Waals surface area (Å²) in [5.41, 5.74) is 8.16. The van der Waals surface area contributed by atoms with Crippen molar-refractivity contribution >= 4 is 68.9 Å². The van der Waals surface area contributed by atoms with Crippen molar-refractivity contribution in [1.29, 1.82) is 0 Å². The molecule has 13 heteroatoms. The lowest BCUT2D eigenvalue weighted by atomic mass is 9.76. The number of carbonyl (C=O) groups is 3. The minimum absolute atomic E-state index is 0.0455. The third-order valence-corrected chi connectivity index (χ3v) is 7.60. The van der Waals surface area contributed by atoms with Crippen molar-refractivity contribution < 1.29 is 24.7 Å². The molecule has 0 bridgehead atoms. The van der Waals surface area contributed by atoms with E-state index in [1.807, 2.05) is 6.92 Å². The molecule has 1 saturated heterocycles. The van der Waals surface area contributed by atoms with Gasteiger partial charge in [0.05, 0.1) is 17.1 Å². The van der Waals surface area contributed by atoms with Crippen LogP contribution in [-0.2, 0) is 14.4 Å². The Morgan fingerprint density at radius 2 is 2.18 bits per heavy atom. The Bertz CT molecular complexity index is 1250. The first-order valence-electron chi connectivity index (χ1n) is 9.78. The third-order valence-electron chi connectivity index (χ3n) is 5.62. The van der Waals surface area contributed by atoms with E-state index in [-0.39, 0.29) is 33.0 Å². The van der Waals surface area contributed by atoms with Gasteiger partial charge < -0.3 is 20.9 Å². The SMILES string of the molecule is Cc1ncsc1/C=C\C1=C(C(=O)O)N2C(=O)C(CC(=O)/C(=N\O)c3nc(N)sc3Cl)C2CC1. The highest BCUT2D eigenvalue weighted by Gasteiger charge is 2.53. The second-order valence-electron chi connectivity index (χ2n) is 7.49. The van der Waals surface area contributed by atoms with Gasteiger partial charge in [-0.25, -0.2) is 14.8 Å². The van der Waals surface area contributed by atoms with Crippen molar-refractivity contribution in [1.82, 2.24) is 14.9 Å². The van der Waals surface area contributed by atoms with E-state index in [0.717, 1.165) is 21.9 Å². The number of rotatable bonds is 7. The smallest absolute Gasteiger partial charge is 0.352 e. The Kier molecular flexibility index (Phi) is 6.32. The number of allylic oxidation sites excluding steroid dienone is 2. The minimum Gasteiger partial charge on any atom is -0.477 e. The van der Waals surface area contributed by atoms with Crippen LogP contribution in [0, 0.1) is 12.8 Å². The maximum atomic E-state index is 12.9. The van der Waals surface area contributed by atoms with Crippen LogP contribution < -0.4 is 5.73 Å². The van der Waals surface area contributed by atoms with Crippen LogP contribution in [0.25, 0.3) is 6.08 Å².